The van der Waals surface area contributed by atoms with Crippen molar-refractivity contribution in [3.05, 3.63) is 64.7 Å². The molecule has 28 heavy (non-hydrogen) atoms. The maximum absolute atomic E-state index is 11.7. The van der Waals surface area contributed by atoms with Crippen LogP contribution in [0.1, 0.15) is 37.6 Å². The van der Waals surface area contributed by atoms with Crippen molar-refractivity contribution in [3.63, 3.8) is 0 Å². The molecule has 7 heteroatoms. The Hall–Kier alpha value is -2.57. The third kappa shape index (κ3) is 4.82. The van der Waals surface area contributed by atoms with E-state index in [0.29, 0.717) is 24.2 Å². The van der Waals surface area contributed by atoms with Crippen LogP contribution < -0.4 is 16.2 Å². The van der Waals surface area contributed by atoms with E-state index in [1.807, 2.05) is 53.5 Å². The summed E-state index contributed by atoms with van der Waals surface area (Å²) in [4.78, 5) is 16.1. The number of hydrazine groups is 1. The molecule has 1 atom stereocenters. The van der Waals surface area contributed by atoms with Gasteiger partial charge in [0.2, 0.25) is 5.84 Å². The fraction of sp³-hybridized carbons (Fsp3) is 0.333. The Labute approximate surface area is 170 Å². The van der Waals surface area contributed by atoms with Crippen LogP contribution in [0.5, 0.6) is 0 Å². The van der Waals surface area contributed by atoms with Crippen LogP contribution in [0, 0.1) is 5.92 Å². The number of nitrogens with two attached hydrogens (primary N) is 1. The lowest BCUT2D eigenvalue weighted by Crippen LogP contribution is -2.42. The molecule has 1 aliphatic heterocycles. The van der Waals surface area contributed by atoms with Crippen LogP contribution in [-0.2, 0) is 16.1 Å². The van der Waals surface area contributed by atoms with Gasteiger partial charge in [0.15, 0.2) is 6.17 Å². The minimum Gasteiger partial charge on any atom is -0.377 e. The number of rotatable bonds is 8. The maximum Gasteiger partial charge on any atom is 0.285 e. The van der Waals surface area contributed by atoms with E-state index in [0.717, 1.165) is 23.2 Å². The lowest BCUT2D eigenvalue weighted by molar-refractivity contribution is -0.112. The number of benzene rings is 2. The first-order chi connectivity index (χ1) is 13.5. The second kappa shape index (κ2) is 9.08. The third-order valence-corrected chi connectivity index (χ3v) is 4.83. The largest absolute Gasteiger partial charge is 0.377 e. The van der Waals surface area contributed by atoms with Gasteiger partial charge in [-0.05, 0) is 41.7 Å². The number of hydrogen-bond donors (Lipinski definition) is 2. The first kappa shape index (κ1) is 20.2. The van der Waals surface area contributed by atoms with Crippen molar-refractivity contribution < 1.29 is 9.53 Å². The second-order valence-electron chi connectivity index (χ2n) is 7.12. The van der Waals surface area contributed by atoms with Crippen LogP contribution in [-0.4, -0.2) is 18.3 Å². The minimum absolute atomic E-state index is 0.124. The summed E-state index contributed by atoms with van der Waals surface area (Å²) in [6.07, 6.45) is 0.594. The number of ether oxygens (including phenoxy) is 1. The molecule has 3 rings (SSSR count). The summed E-state index contributed by atoms with van der Waals surface area (Å²) >= 11 is 6.36. The average molecular weight is 401 g/mol. The molecule has 0 fully saturated rings. The standard InChI is InChI=1S/C21H25ClN4O2/c1-14(2)10-11-28-13-16-12-17(8-9-18(16)22)26-21(15-6-4-3-5-7-15)24-20(25-26)19(23)27/h3-9,12,14,21H,10-11,13H2,1-2H3,(H2,23,27)(H,24,25). The average Bonchev–Trinajstić information content (AvgIpc) is 3.13. The number of halogens is 1. The maximum atomic E-state index is 11.7. The molecule has 0 saturated carbocycles. The zero-order valence-electron chi connectivity index (χ0n) is 16.1. The molecule has 1 unspecified atom stereocenters. The van der Waals surface area contributed by atoms with Crippen molar-refractivity contribution in [3.8, 4) is 0 Å². The summed E-state index contributed by atoms with van der Waals surface area (Å²) in [7, 11) is 0. The lowest BCUT2D eigenvalue weighted by atomic mass is 10.1. The predicted octanol–water partition coefficient (Wildman–Crippen LogP) is 3.81. The summed E-state index contributed by atoms with van der Waals surface area (Å²) in [5, 5.41) is 2.45. The number of carbonyl (C=O) groups excluding carboxylic acids is 1. The van der Waals surface area contributed by atoms with Gasteiger partial charge in [-0.3, -0.25) is 15.2 Å². The van der Waals surface area contributed by atoms with Gasteiger partial charge in [0.1, 0.15) is 0 Å². The van der Waals surface area contributed by atoms with Gasteiger partial charge in [-0.15, -0.1) is 0 Å². The summed E-state index contributed by atoms with van der Waals surface area (Å²) in [6, 6.07) is 15.4. The molecule has 2 aromatic carbocycles. The molecular weight excluding hydrogens is 376 g/mol. The van der Waals surface area contributed by atoms with Crippen molar-refractivity contribution in [2.75, 3.05) is 11.6 Å². The van der Waals surface area contributed by atoms with E-state index in [4.69, 9.17) is 22.1 Å². The number of amides is 1. The van der Waals surface area contributed by atoms with E-state index in [1.165, 1.54) is 0 Å². The quantitative estimate of drug-likeness (QED) is 0.660. The predicted molar refractivity (Wildman–Crippen MR) is 112 cm³/mol. The van der Waals surface area contributed by atoms with Crippen LogP contribution in [0.25, 0.3) is 0 Å². The van der Waals surface area contributed by atoms with Crippen LogP contribution in [0.3, 0.4) is 0 Å². The van der Waals surface area contributed by atoms with Gasteiger partial charge in [-0.25, -0.2) is 4.99 Å². The Bertz CT molecular complexity index is 855. The Morgan fingerprint density at radius 3 is 2.71 bits per heavy atom. The normalized spacial score (nSPS) is 16.2. The van der Waals surface area contributed by atoms with E-state index >= 15 is 0 Å². The molecule has 1 heterocycles. The molecule has 0 spiro atoms. The van der Waals surface area contributed by atoms with Gasteiger partial charge in [0.05, 0.1) is 12.3 Å². The zero-order valence-corrected chi connectivity index (χ0v) is 16.8. The first-order valence-corrected chi connectivity index (χ1v) is 9.68. The van der Waals surface area contributed by atoms with Crippen LogP contribution in [0.4, 0.5) is 5.69 Å². The number of aliphatic imine (C=N–C) groups is 1. The Balaban J connectivity index is 1.83. The lowest BCUT2D eigenvalue weighted by Gasteiger charge is -2.26. The van der Waals surface area contributed by atoms with Crippen LogP contribution in [0.2, 0.25) is 5.02 Å². The fourth-order valence-corrected chi connectivity index (χ4v) is 3.05. The number of hydrogen-bond acceptors (Lipinski definition) is 5. The molecule has 148 valence electrons. The van der Waals surface area contributed by atoms with Gasteiger partial charge in [-0.2, -0.15) is 0 Å². The Kier molecular flexibility index (Phi) is 6.54. The zero-order chi connectivity index (χ0) is 20.1. The van der Waals surface area contributed by atoms with Crippen LogP contribution >= 0.6 is 11.6 Å². The molecule has 0 radical (unpaired) electrons. The summed E-state index contributed by atoms with van der Waals surface area (Å²) < 4.78 is 5.77. The second-order valence-corrected chi connectivity index (χ2v) is 7.53. The van der Waals surface area contributed by atoms with E-state index in [2.05, 4.69) is 24.3 Å². The highest BCUT2D eigenvalue weighted by Crippen LogP contribution is 2.32. The molecule has 1 aliphatic rings. The number of primary amides is 1. The first-order valence-electron chi connectivity index (χ1n) is 9.30. The van der Waals surface area contributed by atoms with Gasteiger partial charge in [-0.1, -0.05) is 55.8 Å². The summed E-state index contributed by atoms with van der Waals surface area (Å²) in [5.41, 5.74) is 11.1. The molecule has 0 aromatic heterocycles. The number of nitrogens with one attached hydrogen (secondary N) is 1. The number of anilines is 1. The molecule has 0 bridgehead atoms. The van der Waals surface area contributed by atoms with Crippen molar-refractivity contribution in [2.24, 2.45) is 16.6 Å². The number of nitrogens with zero attached hydrogens (tertiary/aromatic N) is 2. The molecule has 1 amide bonds. The number of amidine groups is 1. The van der Waals surface area contributed by atoms with Crippen molar-refractivity contribution in [2.45, 2.75) is 33.0 Å². The third-order valence-electron chi connectivity index (χ3n) is 4.46. The molecule has 0 saturated heterocycles. The monoisotopic (exact) mass is 400 g/mol. The molecule has 2 aromatic rings. The highest BCUT2D eigenvalue weighted by atomic mass is 35.5. The van der Waals surface area contributed by atoms with E-state index in [-0.39, 0.29) is 5.84 Å². The topological polar surface area (TPSA) is 80.0 Å². The smallest absolute Gasteiger partial charge is 0.285 e. The van der Waals surface area contributed by atoms with Gasteiger partial charge in [0.25, 0.3) is 5.91 Å². The summed E-state index contributed by atoms with van der Waals surface area (Å²) in [6.45, 7) is 5.43. The minimum atomic E-state index is -0.602. The van der Waals surface area contributed by atoms with E-state index in [9.17, 15) is 4.79 Å². The van der Waals surface area contributed by atoms with Gasteiger partial charge >= 0.3 is 0 Å². The molecular formula is C21H25ClN4O2. The van der Waals surface area contributed by atoms with E-state index < -0.39 is 12.1 Å². The Morgan fingerprint density at radius 2 is 2.04 bits per heavy atom. The van der Waals surface area contributed by atoms with Crippen molar-refractivity contribution >= 4 is 29.0 Å². The molecule has 6 nitrogen and oxygen atoms in total. The SMILES string of the molecule is CC(C)CCOCc1cc(N2NC(C(N)=O)=NC2c2ccccc2)ccc1Cl. The van der Waals surface area contributed by atoms with Gasteiger partial charge in [0, 0.05) is 11.6 Å². The fourth-order valence-electron chi connectivity index (χ4n) is 2.88. The van der Waals surface area contributed by atoms with Crippen molar-refractivity contribution in [1.29, 1.82) is 0 Å². The van der Waals surface area contributed by atoms with Crippen LogP contribution in [0.15, 0.2) is 53.5 Å². The number of carbonyl (C=O) groups is 1. The van der Waals surface area contributed by atoms with E-state index in [1.54, 1.807) is 0 Å². The summed E-state index contributed by atoms with van der Waals surface area (Å²) in [5.74, 6) is 0.111. The highest BCUT2D eigenvalue weighted by Gasteiger charge is 2.30. The van der Waals surface area contributed by atoms with Crippen molar-refractivity contribution in [1.82, 2.24) is 5.43 Å². The molecule has 0 aliphatic carbocycles. The molecule has 3 N–H and O–H groups in total. The highest BCUT2D eigenvalue weighted by molar-refractivity contribution is 6.38. The van der Waals surface area contributed by atoms with Gasteiger partial charge < -0.3 is 10.5 Å². The Morgan fingerprint density at radius 1 is 1.29 bits per heavy atom.